The molecule has 0 aliphatic carbocycles. The monoisotopic (exact) mass is 1090 g/mol. The number of terminal acetylenes is 1. The molecule has 5 aliphatic heterocycles. The maximum atomic E-state index is 17.2. The SMILES string of the molecule is C#Cc1cccc2cc(O)cc(-c3ncc4c(N5CC6CC[C@@](C)(C5)N6)nc(OCCN5CCC6(CC5)CN(c5cc(C(C(=O)N7C[C@H](O)C[C@H]7C(=O)NC(C)c7ccc(-c8scnc8C)cc7)C(C)C)on5)C6)nc4c3F)c12. The lowest BCUT2D eigenvalue weighted by Gasteiger charge is -2.54. The number of fused-ring (bicyclic) bond motifs is 4. The summed E-state index contributed by atoms with van der Waals surface area (Å²) in [6, 6.07) is 17.6. The van der Waals surface area contributed by atoms with Gasteiger partial charge in [-0.15, -0.1) is 17.8 Å². The summed E-state index contributed by atoms with van der Waals surface area (Å²) in [5.41, 5.74) is 5.84. The molecule has 5 fully saturated rings. The number of anilines is 2. The van der Waals surface area contributed by atoms with Crippen molar-refractivity contribution in [1.82, 2.24) is 45.5 Å². The molecule has 17 nitrogen and oxygen atoms in total. The van der Waals surface area contributed by atoms with Gasteiger partial charge in [0, 0.05) is 91.5 Å². The van der Waals surface area contributed by atoms with E-state index in [0.29, 0.717) is 70.9 Å². The van der Waals surface area contributed by atoms with Gasteiger partial charge in [0.05, 0.1) is 33.6 Å². The van der Waals surface area contributed by atoms with Crippen molar-refractivity contribution >= 4 is 56.5 Å². The number of nitrogens with one attached hydrogen (secondary N) is 2. The number of pyridine rings is 1. The molecule has 2 bridgehead atoms. The molecule has 0 radical (unpaired) electrons. The predicted octanol–water partition coefficient (Wildman–Crippen LogP) is 7.98. The van der Waals surface area contributed by atoms with Crippen molar-refractivity contribution in [3.8, 4) is 45.8 Å². The van der Waals surface area contributed by atoms with E-state index in [1.807, 2.05) is 69.6 Å². The molecule has 9 heterocycles. The number of aromatic hydroxyl groups is 1. The molecule has 19 heteroatoms. The Morgan fingerprint density at radius 3 is 2.56 bits per heavy atom. The molecule has 12 rings (SSSR count). The Morgan fingerprint density at radius 1 is 1.03 bits per heavy atom. The highest BCUT2D eigenvalue weighted by Gasteiger charge is 2.48. The summed E-state index contributed by atoms with van der Waals surface area (Å²) in [5.74, 6) is 2.28. The number of likely N-dealkylation sites (tertiary alicyclic amines) is 2. The number of phenolic OH excluding ortho intramolecular Hbond substituents is 1. The molecule has 2 amide bonds. The van der Waals surface area contributed by atoms with Crippen molar-refractivity contribution in [1.29, 1.82) is 0 Å². The summed E-state index contributed by atoms with van der Waals surface area (Å²) >= 11 is 1.59. The number of halogens is 1. The molecule has 410 valence electrons. The maximum Gasteiger partial charge on any atom is 0.319 e. The number of nitrogens with zero attached hydrogens (tertiary/aromatic N) is 9. The molecule has 4 aromatic heterocycles. The van der Waals surface area contributed by atoms with Crippen LogP contribution in [0.25, 0.3) is 43.4 Å². The van der Waals surface area contributed by atoms with E-state index in [1.54, 1.807) is 35.7 Å². The number of aliphatic hydroxyl groups is 1. The highest BCUT2D eigenvalue weighted by atomic mass is 32.1. The van der Waals surface area contributed by atoms with Crippen molar-refractivity contribution < 1.29 is 33.5 Å². The van der Waals surface area contributed by atoms with E-state index in [2.05, 4.69) is 53.3 Å². The van der Waals surface area contributed by atoms with Crippen molar-refractivity contribution in [3.63, 3.8) is 0 Å². The summed E-state index contributed by atoms with van der Waals surface area (Å²) < 4.78 is 29.5. The molecule has 1 spiro atoms. The molecule has 3 unspecified atom stereocenters. The molecule has 7 aromatic rings. The lowest BCUT2D eigenvalue weighted by molar-refractivity contribution is -0.141. The Balaban J connectivity index is 0.679. The highest BCUT2D eigenvalue weighted by Crippen LogP contribution is 2.44. The minimum Gasteiger partial charge on any atom is -0.508 e. The van der Waals surface area contributed by atoms with Gasteiger partial charge in [0.25, 0.3) is 0 Å². The van der Waals surface area contributed by atoms with E-state index < -0.39 is 23.9 Å². The number of hydrogen-bond donors (Lipinski definition) is 4. The van der Waals surface area contributed by atoms with Crippen LogP contribution in [0.5, 0.6) is 11.8 Å². The second-order valence-electron chi connectivity index (χ2n) is 23.2. The summed E-state index contributed by atoms with van der Waals surface area (Å²) in [6.45, 7) is 15.7. The van der Waals surface area contributed by atoms with Gasteiger partial charge in [0.1, 0.15) is 41.3 Å². The first kappa shape index (κ1) is 52.5. The average Bonchev–Trinajstić information content (AvgIpc) is 4.24. The van der Waals surface area contributed by atoms with E-state index in [0.717, 1.165) is 73.6 Å². The van der Waals surface area contributed by atoms with Crippen LogP contribution in [0.2, 0.25) is 0 Å². The Kier molecular flexibility index (Phi) is 13.8. The molecule has 3 aromatic carbocycles. The number of phenols is 1. The number of amides is 2. The molecule has 4 N–H and O–H groups in total. The van der Waals surface area contributed by atoms with Gasteiger partial charge in [-0.3, -0.25) is 19.5 Å². The summed E-state index contributed by atoms with van der Waals surface area (Å²) in [7, 11) is 0. The predicted molar refractivity (Wildman–Crippen MR) is 301 cm³/mol. The number of piperazine rings is 1. The lowest BCUT2D eigenvalue weighted by atomic mass is 9.72. The minimum atomic E-state index is -0.832. The van der Waals surface area contributed by atoms with Crippen LogP contribution in [0.15, 0.2) is 76.9 Å². The molecule has 0 saturated carbocycles. The largest absolute Gasteiger partial charge is 0.508 e. The number of aliphatic hydroxyl groups excluding tert-OH is 1. The number of hydrogen-bond acceptors (Lipinski definition) is 16. The maximum absolute atomic E-state index is 17.2. The van der Waals surface area contributed by atoms with Crippen molar-refractivity contribution in [2.45, 2.75) is 102 Å². The fourth-order valence-corrected chi connectivity index (χ4v) is 13.8. The van der Waals surface area contributed by atoms with Crippen molar-refractivity contribution in [3.05, 3.63) is 101 Å². The summed E-state index contributed by atoms with van der Waals surface area (Å²) in [6.07, 6.45) is 10.9. The Morgan fingerprint density at radius 2 is 1.82 bits per heavy atom. The minimum absolute atomic E-state index is 0.0251. The van der Waals surface area contributed by atoms with E-state index in [-0.39, 0.29) is 76.7 Å². The first-order chi connectivity index (χ1) is 38.0. The van der Waals surface area contributed by atoms with Gasteiger partial charge in [-0.2, -0.15) is 9.97 Å². The van der Waals surface area contributed by atoms with Crippen LogP contribution in [0.1, 0.15) is 94.3 Å². The number of aryl methyl sites for hydroxylation is 1. The number of carbonyl (C=O) groups excluding carboxylic acids is 2. The smallest absolute Gasteiger partial charge is 0.319 e. The third-order valence-corrected chi connectivity index (χ3v) is 18.2. The normalized spacial score (nSPS) is 22.6. The van der Waals surface area contributed by atoms with Gasteiger partial charge >= 0.3 is 6.01 Å². The van der Waals surface area contributed by atoms with Crippen LogP contribution in [0, 0.1) is 36.4 Å². The summed E-state index contributed by atoms with van der Waals surface area (Å²) in [4.78, 5) is 56.4. The zero-order chi connectivity index (χ0) is 54.9. The highest BCUT2D eigenvalue weighted by molar-refractivity contribution is 7.13. The number of carbonyl (C=O) groups is 2. The van der Waals surface area contributed by atoms with E-state index in [4.69, 9.17) is 25.7 Å². The van der Waals surface area contributed by atoms with E-state index in [9.17, 15) is 19.8 Å². The zero-order valence-corrected chi connectivity index (χ0v) is 46.0. The number of rotatable bonds is 14. The first-order valence-corrected chi connectivity index (χ1v) is 28.4. The quantitative estimate of drug-likeness (QED) is 0.0764. The van der Waals surface area contributed by atoms with Gasteiger partial charge in [0.2, 0.25) is 11.8 Å². The fraction of sp³-hybridized carbons (Fsp3) is 0.450. The standard InChI is InChI=1S/C60H66FN11O6S/c1-7-37-9-8-10-40-23-42(73)24-44(50(37)40)52-51(61)53-45(27-62-52)55(70-28-41-15-16-59(6,30-70)67-41)66-58(65-53)77-22-21-69-19-17-60(18-20-69)31-71(32-60)48-26-47(78-68-48)49(34(2)3)57(76)72-29-43(74)25-46(72)56(75)64-35(4)38-11-13-39(14-12-38)54-36(5)63-33-79-54/h1,8-14,23-24,26-27,33-35,41,43,46,49,67,73-74H,15-22,25,28-32H2,2-6H3,(H,64,75)/t35?,41?,43-,46+,49?,59+/m1/s1. The van der Waals surface area contributed by atoms with Gasteiger partial charge in [-0.25, -0.2) is 9.37 Å². The van der Waals surface area contributed by atoms with Crippen LogP contribution < -0.4 is 25.2 Å². The topological polar surface area (TPSA) is 198 Å². The average molecular weight is 1090 g/mol. The zero-order valence-electron chi connectivity index (χ0n) is 45.2. The third-order valence-electron chi connectivity index (χ3n) is 17.2. The number of aromatic nitrogens is 5. The molecule has 79 heavy (non-hydrogen) atoms. The van der Waals surface area contributed by atoms with Crippen LogP contribution in [0.3, 0.4) is 0 Å². The van der Waals surface area contributed by atoms with Gasteiger partial charge < -0.3 is 44.8 Å². The molecule has 5 aliphatic rings. The molecular weight excluding hydrogens is 1020 g/mol. The van der Waals surface area contributed by atoms with Crippen LogP contribution in [-0.2, 0) is 9.59 Å². The van der Waals surface area contributed by atoms with Gasteiger partial charge in [-0.1, -0.05) is 61.3 Å². The number of benzene rings is 3. The van der Waals surface area contributed by atoms with E-state index in [1.165, 1.54) is 11.0 Å². The Bertz CT molecular complexity index is 3510. The molecular formula is C60H66FN11O6S. The first-order valence-electron chi connectivity index (χ1n) is 27.5. The third kappa shape index (κ3) is 10.0. The number of thiazole rings is 1. The van der Waals surface area contributed by atoms with E-state index >= 15 is 4.39 Å². The summed E-state index contributed by atoms with van der Waals surface area (Å²) in [5, 5.41) is 34.6. The fourth-order valence-electron chi connectivity index (χ4n) is 13.0. The van der Waals surface area contributed by atoms with Gasteiger partial charge in [-0.05, 0) is 100 Å². The lowest BCUT2D eigenvalue weighted by Crippen LogP contribution is -2.60. The van der Waals surface area contributed by atoms with Crippen LogP contribution in [0.4, 0.5) is 16.0 Å². The molecule has 5 saturated heterocycles. The number of piperidine rings is 1. The number of ether oxygens (including phenoxy) is 1. The van der Waals surface area contributed by atoms with Crippen LogP contribution >= 0.6 is 11.3 Å². The number of β-amino-alcohol motifs (C(OH)–C–C–N with tert-alkyl or cyclic N) is 1. The second-order valence-corrected chi connectivity index (χ2v) is 24.1. The Labute approximate surface area is 462 Å². The van der Waals surface area contributed by atoms with Crippen molar-refractivity contribution in [2.75, 3.05) is 68.8 Å². The Hall–Kier alpha value is -7.24. The van der Waals surface area contributed by atoms with Crippen LogP contribution in [-0.4, -0.2) is 140 Å². The molecule has 6 atom stereocenters. The second kappa shape index (κ2) is 20.8. The van der Waals surface area contributed by atoms with Crippen molar-refractivity contribution in [2.24, 2.45) is 11.3 Å². The van der Waals surface area contributed by atoms with Gasteiger partial charge in [0.15, 0.2) is 17.4 Å².